The number of aliphatic hydroxyl groups excluding tert-OH is 1. The van der Waals surface area contributed by atoms with Gasteiger partial charge in [0.2, 0.25) is 0 Å². The molecule has 5 heteroatoms. The number of methoxy groups -OCH3 is 1. The summed E-state index contributed by atoms with van der Waals surface area (Å²) >= 11 is 1.60. The van der Waals surface area contributed by atoms with Gasteiger partial charge in [0.15, 0.2) is 0 Å². The molecule has 1 atom stereocenters. The molecule has 1 rings (SSSR count). The van der Waals surface area contributed by atoms with Crippen molar-refractivity contribution in [3.8, 4) is 5.75 Å². The zero-order valence-corrected chi connectivity index (χ0v) is 13.0. The molecule has 0 aliphatic rings. The molecule has 0 spiro atoms. The molecular weight excluding hydrogens is 276 g/mol. The van der Waals surface area contributed by atoms with E-state index in [1.165, 1.54) is 0 Å². The van der Waals surface area contributed by atoms with Gasteiger partial charge in [0.1, 0.15) is 5.75 Å². The van der Waals surface area contributed by atoms with Gasteiger partial charge in [0.25, 0.3) is 0 Å². The molecule has 114 valence electrons. The monoisotopic (exact) mass is 300 g/mol. The van der Waals surface area contributed by atoms with Crippen molar-refractivity contribution in [1.82, 2.24) is 0 Å². The molecule has 1 aromatic rings. The van der Waals surface area contributed by atoms with E-state index in [1.54, 1.807) is 18.9 Å². The van der Waals surface area contributed by atoms with Gasteiger partial charge in [-0.1, -0.05) is 6.92 Å². The van der Waals surface area contributed by atoms with Gasteiger partial charge in [-0.2, -0.15) is 0 Å². The van der Waals surface area contributed by atoms with Gasteiger partial charge < -0.3 is 19.3 Å². The maximum atomic E-state index is 9.80. The highest BCUT2D eigenvalue weighted by Crippen LogP contribution is 2.21. The lowest BCUT2D eigenvalue weighted by Crippen LogP contribution is -2.19. The van der Waals surface area contributed by atoms with E-state index in [0.29, 0.717) is 25.6 Å². The summed E-state index contributed by atoms with van der Waals surface area (Å²) in [5.74, 6) is 1.45. The van der Waals surface area contributed by atoms with E-state index in [0.717, 1.165) is 23.7 Å². The van der Waals surface area contributed by atoms with Gasteiger partial charge in [-0.05, 0) is 30.7 Å². The molecule has 0 saturated carbocycles. The van der Waals surface area contributed by atoms with E-state index >= 15 is 0 Å². The summed E-state index contributed by atoms with van der Waals surface area (Å²) in [7, 11) is 1.65. The minimum absolute atomic E-state index is 0.346. The SMILES string of the molecule is CCCOCCOCC(O)CSc1ccc(OC)cc1. The highest BCUT2D eigenvalue weighted by atomic mass is 32.2. The number of benzene rings is 1. The van der Waals surface area contributed by atoms with Crippen LogP contribution in [0.2, 0.25) is 0 Å². The zero-order chi connectivity index (χ0) is 14.6. The van der Waals surface area contributed by atoms with Gasteiger partial charge in [-0.15, -0.1) is 11.8 Å². The third kappa shape index (κ3) is 7.75. The summed E-state index contributed by atoms with van der Waals surface area (Å²) in [4.78, 5) is 1.11. The Kier molecular flexibility index (Phi) is 9.49. The smallest absolute Gasteiger partial charge is 0.118 e. The predicted molar refractivity (Wildman–Crippen MR) is 81.7 cm³/mol. The van der Waals surface area contributed by atoms with E-state index in [2.05, 4.69) is 6.92 Å². The third-order valence-electron chi connectivity index (χ3n) is 2.53. The topological polar surface area (TPSA) is 47.9 Å². The van der Waals surface area contributed by atoms with E-state index in [-0.39, 0.29) is 0 Å². The Bertz CT molecular complexity index is 342. The van der Waals surface area contributed by atoms with Crippen LogP contribution in [0.15, 0.2) is 29.2 Å². The van der Waals surface area contributed by atoms with Crippen molar-refractivity contribution in [1.29, 1.82) is 0 Å². The molecule has 0 saturated heterocycles. The summed E-state index contributed by atoms with van der Waals surface area (Å²) in [6, 6.07) is 7.79. The third-order valence-corrected chi connectivity index (χ3v) is 3.69. The molecule has 0 amide bonds. The van der Waals surface area contributed by atoms with E-state index in [4.69, 9.17) is 14.2 Å². The fraction of sp³-hybridized carbons (Fsp3) is 0.600. The Balaban J connectivity index is 2.08. The van der Waals surface area contributed by atoms with Crippen LogP contribution >= 0.6 is 11.8 Å². The lowest BCUT2D eigenvalue weighted by atomic mass is 10.3. The van der Waals surface area contributed by atoms with Crippen LogP contribution in [0.25, 0.3) is 0 Å². The summed E-state index contributed by atoms with van der Waals surface area (Å²) < 4.78 is 15.7. The summed E-state index contributed by atoms with van der Waals surface area (Å²) in [6.07, 6.45) is 0.550. The van der Waals surface area contributed by atoms with Crippen LogP contribution in [0.3, 0.4) is 0 Å². The summed E-state index contributed by atoms with van der Waals surface area (Å²) in [5, 5.41) is 9.80. The normalized spacial score (nSPS) is 12.3. The van der Waals surface area contributed by atoms with Crippen molar-refractivity contribution in [3.05, 3.63) is 24.3 Å². The average molecular weight is 300 g/mol. The molecule has 1 unspecified atom stereocenters. The number of rotatable bonds is 11. The standard InChI is InChI=1S/C15H24O4S/c1-3-8-18-9-10-19-11-13(16)12-20-15-6-4-14(17-2)5-7-15/h4-7,13,16H,3,8-12H2,1-2H3. The summed E-state index contributed by atoms with van der Waals surface area (Å²) in [6.45, 7) is 4.30. The fourth-order valence-electron chi connectivity index (χ4n) is 1.50. The zero-order valence-electron chi connectivity index (χ0n) is 12.2. The van der Waals surface area contributed by atoms with Crippen molar-refractivity contribution < 1.29 is 19.3 Å². The van der Waals surface area contributed by atoms with Crippen LogP contribution in [0, 0.1) is 0 Å². The van der Waals surface area contributed by atoms with Crippen LogP contribution in [0.1, 0.15) is 13.3 Å². The van der Waals surface area contributed by atoms with Crippen LogP contribution in [0.4, 0.5) is 0 Å². The van der Waals surface area contributed by atoms with Crippen molar-refractivity contribution in [2.75, 3.05) is 39.3 Å². The first-order chi connectivity index (χ1) is 9.76. The maximum absolute atomic E-state index is 9.80. The lowest BCUT2D eigenvalue weighted by molar-refractivity contribution is 0.0110. The fourth-order valence-corrected chi connectivity index (χ4v) is 2.31. The molecule has 20 heavy (non-hydrogen) atoms. The van der Waals surface area contributed by atoms with E-state index < -0.39 is 6.10 Å². The van der Waals surface area contributed by atoms with Crippen LogP contribution in [0.5, 0.6) is 5.75 Å². The van der Waals surface area contributed by atoms with E-state index in [9.17, 15) is 5.11 Å². The lowest BCUT2D eigenvalue weighted by Gasteiger charge is -2.11. The molecule has 4 nitrogen and oxygen atoms in total. The van der Waals surface area contributed by atoms with Crippen LogP contribution in [-0.4, -0.2) is 50.5 Å². The number of thioether (sulfide) groups is 1. The Morgan fingerprint density at radius 1 is 1.10 bits per heavy atom. The maximum Gasteiger partial charge on any atom is 0.118 e. The average Bonchev–Trinajstić information content (AvgIpc) is 2.49. The predicted octanol–water partition coefficient (Wildman–Crippen LogP) is 2.59. The Hall–Kier alpha value is -0.750. The van der Waals surface area contributed by atoms with Gasteiger partial charge in [-0.3, -0.25) is 0 Å². The molecule has 0 bridgehead atoms. The molecule has 1 aromatic carbocycles. The highest BCUT2D eigenvalue weighted by molar-refractivity contribution is 7.99. The second-order valence-electron chi connectivity index (χ2n) is 4.33. The largest absolute Gasteiger partial charge is 0.497 e. The van der Waals surface area contributed by atoms with Gasteiger partial charge in [-0.25, -0.2) is 0 Å². The minimum atomic E-state index is -0.465. The highest BCUT2D eigenvalue weighted by Gasteiger charge is 2.05. The van der Waals surface area contributed by atoms with Crippen molar-refractivity contribution in [2.24, 2.45) is 0 Å². The Morgan fingerprint density at radius 2 is 1.80 bits per heavy atom. The number of aliphatic hydroxyl groups is 1. The molecule has 0 aliphatic heterocycles. The number of hydrogen-bond acceptors (Lipinski definition) is 5. The first-order valence-corrected chi connectivity index (χ1v) is 7.85. The van der Waals surface area contributed by atoms with Crippen molar-refractivity contribution in [2.45, 2.75) is 24.3 Å². The second-order valence-corrected chi connectivity index (χ2v) is 5.42. The van der Waals surface area contributed by atoms with Crippen molar-refractivity contribution >= 4 is 11.8 Å². The molecule has 0 heterocycles. The number of hydrogen-bond donors (Lipinski definition) is 1. The first kappa shape index (κ1) is 17.3. The molecule has 1 N–H and O–H groups in total. The molecule has 0 radical (unpaired) electrons. The summed E-state index contributed by atoms with van der Waals surface area (Å²) in [5.41, 5.74) is 0. The molecule has 0 fully saturated rings. The number of ether oxygens (including phenoxy) is 3. The van der Waals surface area contributed by atoms with Crippen molar-refractivity contribution in [3.63, 3.8) is 0 Å². The Labute approximate surface area is 125 Å². The van der Waals surface area contributed by atoms with Gasteiger partial charge in [0, 0.05) is 17.3 Å². The van der Waals surface area contributed by atoms with E-state index in [1.807, 2.05) is 24.3 Å². The second kappa shape index (κ2) is 11.0. The van der Waals surface area contributed by atoms with Gasteiger partial charge in [0.05, 0.1) is 33.0 Å². The van der Waals surface area contributed by atoms with Crippen LogP contribution < -0.4 is 4.74 Å². The van der Waals surface area contributed by atoms with Crippen LogP contribution in [-0.2, 0) is 9.47 Å². The Morgan fingerprint density at radius 3 is 2.45 bits per heavy atom. The molecular formula is C15H24O4S. The minimum Gasteiger partial charge on any atom is -0.497 e. The molecule has 0 aromatic heterocycles. The quantitative estimate of drug-likeness (QED) is 0.503. The van der Waals surface area contributed by atoms with Gasteiger partial charge >= 0.3 is 0 Å². The first-order valence-electron chi connectivity index (χ1n) is 6.86. The molecule has 0 aliphatic carbocycles.